The summed E-state index contributed by atoms with van der Waals surface area (Å²) in [6, 6.07) is 17.6. The van der Waals surface area contributed by atoms with Gasteiger partial charge in [0.25, 0.3) is 0 Å². The number of rotatable bonds is 6. The molecule has 0 amide bonds. The molecule has 0 spiro atoms. The number of piperazine rings is 1. The zero-order chi connectivity index (χ0) is 21.1. The Kier molecular flexibility index (Phi) is 6.24. The maximum absolute atomic E-state index is 5.03. The Morgan fingerprint density at radius 1 is 0.867 bits per heavy atom. The number of hydrogen-bond acceptors (Lipinski definition) is 3. The van der Waals surface area contributed by atoms with Gasteiger partial charge in [0.05, 0.1) is 11.4 Å². The Bertz CT molecular complexity index is 959. The largest absolute Gasteiger partial charge is 0.369 e. The summed E-state index contributed by atoms with van der Waals surface area (Å²) in [5.41, 5.74) is 9.04. The van der Waals surface area contributed by atoms with Crippen LogP contribution in [-0.4, -0.2) is 40.9 Å². The molecule has 0 N–H and O–H groups in total. The molecule has 4 nitrogen and oxygen atoms in total. The molecular weight excluding hydrogens is 368 g/mol. The third-order valence-corrected chi connectivity index (χ3v) is 6.11. The Morgan fingerprint density at radius 2 is 1.53 bits per heavy atom. The summed E-state index contributed by atoms with van der Waals surface area (Å²) < 4.78 is 2.23. The highest BCUT2D eigenvalue weighted by Gasteiger charge is 2.20. The quantitative estimate of drug-likeness (QED) is 0.566. The van der Waals surface area contributed by atoms with Crippen LogP contribution in [0.25, 0.3) is 11.3 Å². The average molecular weight is 403 g/mol. The summed E-state index contributed by atoms with van der Waals surface area (Å²) in [4.78, 5) is 5.06. The molecule has 2 aromatic carbocycles. The van der Waals surface area contributed by atoms with Gasteiger partial charge in [-0.3, -0.25) is 9.58 Å². The van der Waals surface area contributed by atoms with Crippen molar-refractivity contribution in [2.45, 2.75) is 47.2 Å². The van der Waals surface area contributed by atoms with Crippen LogP contribution in [-0.2, 0) is 13.1 Å². The van der Waals surface area contributed by atoms with Gasteiger partial charge in [0.2, 0.25) is 0 Å². The predicted molar refractivity (Wildman–Crippen MR) is 126 cm³/mol. The summed E-state index contributed by atoms with van der Waals surface area (Å²) in [7, 11) is 0. The van der Waals surface area contributed by atoms with E-state index in [1.54, 1.807) is 0 Å². The van der Waals surface area contributed by atoms with E-state index in [0.29, 0.717) is 0 Å². The number of hydrogen-bond donors (Lipinski definition) is 0. The molecule has 1 fully saturated rings. The molecule has 158 valence electrons. The van der Waals surface area contributed by atoms with Crippen LogP contribution < -0.4 is 4.90 Å². The maximum Gasteiger partial charge on any atom is 0.0931 e. The lowest BCUT2D eigenvalue weighted by Crippen LogP contribution is -2.46. The van der Waals surface area contributed by atoms with Crippen molar-refractivity contribution >= 4 is 5.69 Å². The second-order valence-corrected chi connectivity index (χ2v) is 8.62. The minimum absolute atomic E-state index is 0.972. The molecule has 0 bridgehead atoms. The van der Waals surface area contributed by atoms with Crippen molar-refractivity contribution in [1.82, 2.24) is 14.7 Å². The van der Waals surface area contributed by atoms with Crippen LogP contribution in [0.1, 0.15) is 35.7 Å². The summed E-state index contributed by atoms with van der Waals surface area (Å²) in [5, 5.41) is 5.03. The van der Waals surface area contributed by atoms with Crippen molar-refractivity contribution in [2.24, 2.45) is 0 Å². The number of benzene rings is 2. The van der Waals surface area contributed by atoms with Gasteiger partial charge in [-0.1, -0.05) is 42.8 Å². The molecule has 3 aromatic rings. The van der Waals surface area contributed by atoms with Crippen molar-refractivity contribution in [3.63, 3.8) is 0 Å². The van der Waals surface area contributed by atoms with E-state index in [9.17, 15) is 0 Å². The second-order valence-electron chi connectivity index (χ2n) is 8.62. The van der Waals surface area contributed by atoms with Gasteiger partial charge in [0, 0.05) is 50.5 Å². The normalized spacial score (nSPS) is 15.0. The van der Waals surface area contributed by atoms with Gasteiger partial charge in [-0.25, -0.2) is 0 Å². The molecule has 2 heterocycles. The molecule has 0 atom stereocenters. The lowest BCUT2D eigenvalue weighted by molar-refractivity contribution is 0.242. The van der Waals surface area contributed by atoms with Crippen molar-refractivity contribution in [3.05, 3.63) is 70.9 Å². The van der Waals surface area contributed by atoms with Crippen LogP contribution in [0.3, 0.4) is 0 Å². The summed E-state index contributed by atoms with van der Waals surface area (Å²) in [6.07, 6.45) is 1.10. The Balaban J connectivity index is 1.51. The molecule has 4 heteroatoms. The second kappa shape index (κ2) is 9.05. The molecule has 30 heavy (non-hydrogen) atoms. The van der Waals surface area contributed by atoms with Crippen molar-refractivity contribution in [3.8, 4) is 11.3 Å². The minimum atomic E-state index is 0.972. The van der Waals surface area contributed by atoms with E-state index in [2.05, 4.69) is 90.7 Å². The third-order valence-electron chi connectivity index (χ3n) is 6.11. The van der Waals surface area contributed by atoms with Crippen LogP contribution >= 0.6 is 0 Å². The fraction of sp³-hybridized carbons (Fsp3) is 0.423. The lowest BCUT2D eigenvalue weighted by Gasteiger charge is -2.36. The van der Waals surface area contributed by atoms with Crippen LogP contribution in [0.2, 0.25) is 0 Å². The number of anilines is 1. The first kappa shape index (κ1) is 20.7. The number of nitrogens with zero attached hydrogens (tertiary/aromatic N) is 4. The minimum Gasteiger partial charge on any atom is -0.369 e. The van der Waals surface area contributed by atoms with E-state index >= 15 is 0 Å². The highest BCUT2D eigenvalue weighted by Crippen LogP contribution is 2.29. The number of aromatic nitrogens is 2. The van der Waals surface area contributed by atoms with Crippen molar-refractivity contribution in [2.75, 3.05) is 31.1 Å². The molecule has 1 aromatic heterocycles. The first-order valence-electron chi connectivity index (χ1n) is 11.2. The first-order chi connectivity index (χ1) is 14.5. The zero-order valence-electron chi connectivity index (χ0n) is 18.9. The van der Waals surface area contributed by atoms with Crippen LogP contribution in [0.4, 0.5) is 5.69 Å². The summed E-state index contributed by atoms with van der Waals surface area (Å²) in [6.45, 7) is 15.1. The Morgan fingerprint density at radius 3 is 2.17 bits per heavy atom. The van der Waals surface area contributed by atoms with Gasteiger partial charge in [-0.15, -0.1) is 0 Å². The van der Waals surface area contributed by atoms with Crippen LogP contribution in [0.5, 0.6) is 0 Å². The van der Waals surface area contributed by atoms with E-state index in [4.69, 9.17) is 5.10 Å². The predicted octanol–water partition coefficient (Wildman–Crippen LogP) is 5.21. The lowest BCUT2D eigenvalue weighted by atomic mass is 9.97. The maximum atomic E-state index is 5.03. The number of aryl methyl sites for hydroxylation is 4. The summed E-state index contributed by atoms with van der Waals surface area (Å²) >= 11 is 0. The first-order valence-corrected chi connectivity index (χ1v) is 11.2. The molecular formula is C26H34N4. The van der Waals surface area contributed by atoms with E-state index in [-0.39, 0.29) is 0 Å². The monoisotopic (exact) mass is 402 g/mol. The molecule has 0 unspecified atom stereocenters. The Hall–Kier alpha value is -2.59. The smallest absolute Gasteiger partial charge is 0.0931 e. The van der Waals surface area contributed by atoms with E-state index in [0.717, 1.165) is 51.4 Å². The highest BCUT2D eigenvalue weighted by molar-refractivity contribution is 5.68. The molecule has 0 aliphatic carbocycles. The fourth-order valence-electron chi connectivity index (χ4n) is 4.73. The van der Waals surface area contributed by atoms with E-state index in [1.807, 2.05) is 0 Å². The average Bonchev–Trinajstić information content (AvgIpc) is 3.10. The SMILES string of the molecule is CCCn1nc(-c2c(C)cc(C)cc2C)cc1CN1CCN(c2ccccc2)CC1. The van der Waals surface area contributed by atoms with Gasteiger partial charge < -0.3 is 4.90 Å². The van der Waals surface area contributed by atoms with Gasteiger partial charge >= 0.3 is 0 Å². The Labute approximate surface area is 181 Å². The standard InChI is InChI=1S/C26H34N4/c1-5-11-30-24(18-25(27-30)26-21(3)16-20(2)17-22(26)4)19-28-12-14-29(15-13-28)23-9-7-6-8-10-23/h6-10,16-18H,5,11-15,19H2,1-4H3. The van der Waals surface area contributed by atoms with Gasteiger partial charge in [-0.2, -0.15) is 5.10 Å². The zero-order valence-corrected chi connectivity index (χ0v) is 18.9. The van der Waals surface area contributed by atoms with Crippen molar-refractivity contribution < 1.29 is 0 Å². The molecule has 0 radical (unpaired) electrons. The molecule has 0 saturated carbocycles. The number of para-hydroxylation sites is 1. The fourth-order valence-corrected chi connectivity index (χ4v) is 4.73. The van der Waals surface area contributed by atoms with Gasteiger partial charge in [0.1, 0.15) is 0 Å². The molecule has 1 aliphatic heterocycles. The van der Waals surface area contributed by atoms with Crippen LogP contribution in [0.15, 0.2) is 48.5 Å². The molecule has 1 saturated heterocycles. The van der Waals surface area contributed by atoms with E-state index in [1.165, 1.54) is 33.6 Å². The topological polar surface area (TPSA) is 24.3 Å². The van der Waals surface area contributed by atoms with Crippen molar-refractivity contribution in [1.29, 1.82) is 0 Å². The van der Waals surface area contributed by atoms with Gasteiger partial charge in [0.15, 0.2) is 0 Å². The van der Waals surface area contributed by atoms with Crippen LogP contribution in [0, 0.1) is 20.8 Å². The highest BCUT2D eigenvalue weighted by atomic mass is 15.3. The van der Waals surface area contributed by atoms with Gasteiger partial charge in [-0.05, 0) is 56.5 Å². The molecule has 1 aliphatic rings. The summed E-state index contributed by atoms with van der Waals surface area (Å²) in [5.74, 6) is 0. The molecule has 4 rings (SSSR count). The van der Waals surface area contributed by atoms with E-state index < -0.39 is 0 Å². The third kappa shape index (κ3) is 4.44.